The molecule has 140 valence electrons. The third-order valence-electron chi connectivity index (χ3n) is 2.71. The highest BCUT2D eigenvalue weighted by molar-refractivity contribution is 5.85. The second kappa shape index (κ2) is 9.72. The van der Waals surface area contributed by atoms with Crippen LogP contribution < -0.4 is 0 Å². The first-order chi connectivity index (χ1) is 11.5. The Balaban J connectivity index is 6.02. The Labute approximate surface area is 144 Å². The van der Waals surface area contributed by atoms with Crippen LogP contribution in [0.4, 0.5) is 0 Å². The van der Waals surface area contributed by atoms with Gasteiger partial charge in [-0.25, -0.2) is 14.4 Å². The minimum atomic E-state index is -3.88. The van der Waals surface area contributed by atoms with Crippen LogP contribution in [0.15, 0.2) is 36.5 Å². The van der Waals surface area contributed by atoms with Crippen molar-refractivity contribution in [3.05, 3.63) is 36.5 Å². The van der Waals surface area contributed by atoms with Crippen molar-refractivity contribution in [2.24, 2.45) is 0 Å². The molecule has 9 nitrogen and oxygen atoms in total. The lowest BCUT2D eigenvalue weighted by atomic mass is 10.1. The summed E-state index contributed by atoms with van der Waals surface area (Å²) in [6.07, 6.45) is 4.76. The highest BCUT2D eigenvalue weighted by Gasteiger charge is 2.62. The van der Waals surface area contributed by atoms with Gasteiger partial charge in [-0.1, -0.05) is 18.2 Å². The number of aliphatic hydroxyl groups is 3. The van der Waals surface area contributed by atoms with Gasteiger partial charge < -0.3 is 29.5 Å². The lowest BCUT2D eigenvalue weighted by Gasteiger charge is -2.40. The maximum Gasteiger partial charge on any atom is 0.376 e. The molecule has 0 amide bonds. The Morgan fingerprint density at radius 3 is 1.48 bits per heavy atom. The summed E-state index contributed by atoms with van der Waals surface area (Å²) in [7, 11) is 0. The zero-order chi connectivity index (χ0) is 19.7. The molecule has 0 aromatic carbocycles. The van der Waals surface area contributed by atoms with Crippen LogP contribution in [0.25, 0.3) is 0 Å². The topological polar surface area (TPSA) is 140 Å². The normalized spacial score (nSPS) is 14.0. The largest absolute Gasteiger partial charge is 0.451 e. The molecule has 0 aromatic heterocycles. The second-order valence-corrected chi connectivity index (χ2v) is 4.72. The van der Waals surface area contributed by atoms with Crippen LogP contribution in [-0.4, -0.2) is 51.1 Å². The van der Waals surface area contributed by atoms with Crippen molar-refractivity contribution < 1.29 is 43.9 Å². The van der Waals surface area contributed by atoms with E-state index in [4.69, 9.17) is 14.2 Å². The first-order valence-corrected chi connectivity index (χ1v) is 7.25. The van der Waals surface area contributed by atoms with Crippen LogP contribution >= 0.6 is 0 Å². The molecule has 0 rings (SSSR count). The van der Waals surface area contributed by atoms with Crippen molar-refractivity contribution in [3.8, 4) is 0 Å². The average molecular weight is 358 g/mol. The molecule has 0 saturated heterocycles. The van der Waals surface area contributed by atoms with E-state index in [1.807, 2.05) is 0 Å². The summed E-state index contributed by atoms with van der Waals surface area (Å²) in [5.41, 5.74) is 0. The van der Waals surface area contributed by atoms with Gasteiger partial charge >= 0.3 is 29.7 Å². The number of hydrogen-bond donors (Lipinski definition) is 3. The molecule has 25 heavy (non-hydrogen) atoms. The van der Waals surface area contributed by atoms with Crippen LogP contribution in [0.5, 0.6) is 0 Å². The van der Waals surface area contributed by atoms with E-state index < -0.39 is 35.8 Å². The second-order valence-electron chi connectivity index (χ2n) is 4.72. The summed E-state index contributed by atoms with van der Waals surface area (Å²) in [5, 5.41) is 29.0. The molecule has 0 fully saturated rings. The Bertz CT molecular complexity index is 541. The molecule has 0 heterocycles. The molecular weight excluding hydrogens is 336 g/mol. The summed E-state index contributed by atoms with van der Waals surface area (Å²) in [6, 6.07) is 0. The van der Waals surface area contributed by atoms with Crippen LogP contribution in [-0.2, 0) is 28.6 Å². The number of carbonyl (C=O) groups excluding carboxylic acids is 3. The highest BCUT2D eigenvalue weighted by Crippen LogP contribution is 2.31. The van der Waals surface area contributed by atoms with E-state index in [-0.39, 0.29) is 0 Å². The van der Waals surface area contributed by atoms with E-state index in [0.717, 1.165) is 25.2 Å². The van der Waals surface area contributed by atoms with Crippen molar-refractivity contribution in [1.82, 2.24) is 0 Å². The monoisotopic (exact) mass is 358 g/mol. The van der Waals surface area contributed by atoms with E-state index >= 15 is 0 Å². The van der Waals surface area contributed by atoms with E-state index in [9.17, 15) is 29.7 Å². The Morgan fingerprint density at radius 2 is 1.16 bits per heavy atom. The van der Waals surface area contributed by atoms with Gasteiger partial charge in [-0.05, 0) is 27.7 Å². The Morgan fingerprint density at radius 1 is 0.800 bits per heavy atom. The zero-order valence-electron chi connectivity index (χ0n) is 14.3. The van der Waals surface area contributed by atoms with Gasteiger partial charge in [-0.15, -0.1) is 0 Å². The quantitative estimate of drug-likeness (QED) is 0.312. The third kappa shape index (κ3) is 6.49. The molecule has 0 bridgehead atoms. The fraction of sp³-hybridized carbons (Fsp3) is 0.438. The number of esters is 3. The maximum atomic E-state index is 11.8. The van der Waals surface area contributed by atoms with E-state index in [2.05, 4.69) is 0 Å². The molecule has 0 spiro atoms. The lowest BCUT2D eigenvalue weighted by Crippen LogP contribution is -2.66. The molecule has 3 N–H and O–H groups in total. The SMILES string of the molecule is C/C=C/C(=O)OC(C)C(OC(=O)/C=C/C)(OC(=O)/C=C/C)C(O)(O)O. The zero-order valence-corrected chi connectivity index (χ0v) is 14.3. The van der Waals surface area contributed by atoms with Crippen molar-refractivity contribution in [2.45, 2.75) is 45.6 Å². The molecule has 9 heteroatoms. The van der Waals surface area contributed by atoms with Gasteiger partial charge in [0, 0.05) is 18.2 Å². The molecule has 0 aliphatic carbocycles. The minimum absolute atomic E-state index is 0.866. The summed E-state index contributed by atoms with van der Waals surface area (Å²) < 4.78 is 14.3. The van der Waals surface area contributed by atoms with Gasteiger partial charge in [0.1, 0.15) is 0 Å². The van der Waals surface area contributed by atoms with Crippen molar-refractivity contribution >= 4 is 17.9 Å². The molecular formula is C16H22O9. The fourth-order valence-electron chi connectivity index (χ4n) is 1.66. The molecule has 0 saturated carbocycles. The number of rotatable bonds is 8. The van der Waals surface area contributed by atoms with Gasteiger partial charge in [0.25, 0.3) is 0 Å². The first-order valence-electron chi connectivity index (χ1n) is 7.25. The van der Waals surface area contributed by atoms with Gasteiger partial charge in [0.2, 0.25) is 0 Å². The maximum absolute atomic E-state index is 11.8. The van der Waals surface area contributed by atoms with E-state index in [1.165, 1.54) is 39.0 Å². The lowest BCUT2D eigenvalue weighted by molar-refractivity contribution is -0.458. The predicted molar refractivity (Wildman–Crippen MR) is 84.3 cm³/mol. The third-order valence-corrected chi connectivity index (χ3v) is 2.71. The van der Waals surface area contributed by atoms with Gasteiger partial charge in [-0.3, -0.25) is 0 Å². The molecule has 1 unspecified atom stereocenters. The van der Waals surface area contributed by atoms with Crippen LogP contribution in [0.3, 0.4) is 0 Å². The van der Waals surface area contributed by atoms with Gasteiger partial charge in [0.15, 0.2) is 6.10 Å². The number of ether oxygens (including phenoxy) is 3. The van der Waals surface area contributed by atoms with Crippen molar-refractivity contribution in [2.75, 3.05) is 0 Å². The smallest absolute Gasteiger partial charge is 0.376 e. The fourth-order valence-corrected chi connectivity index (χ4v) is 1.66. The molecule has 0 aliphatic heterocycles. The first kappa shape index (κ1) is 22.5. The van der Waals surface area contributed by atoms with Gasteiger partial charge in [-0.2, -0.15) is 0 Å². The summed E-state index contributed by atoms with van der Waals surface area (Å²) >= 11 is 0. The summed E-state index contributed by atoms with van der Waals surface area (Å²) in [4.78, 5) is 35.1. The summed E-state index contributed by atoms with van der Waals surface area (Å²) in [5.74, 6) is -10.4. The average Bonchev–Trinajstić information content (AvgIpc) is 2.45. The standard InChI is InChI=1S/C16H22O9/c1-5-8-12(17)23-11(4)15(16(20,21)22,24-13(18)9-6-2)25-14(19)10-7-3/h5-11,20-22H,1-4H3/b8-5+,9-6+,10-7+. The highest BCUT2D eigenvalue weighted by atomic mass is 16.8. The van der Waals surface area contributed by atoms with E-state index in [1.54, 1.807) is 0 Å². The van der Waals surface area contributed by atoms with Crippen LogP contribution in [0, 0.1) is 0 Å². The van der Waals surface area contributed by atoms with Crippen LogP contribution in [0.1, 0.15) is 27.7 Å². The van der Waals surface area contributed by atoms with Crippen LogP contribution in [0.2, 0.25) is 0 Å². The molecule has 1 atom stereocenters. The predicted octanol–water partition coefficient (Wildman–Crippen LogP) is 0.0598. The van der Waals surface area contributed by atoms with Gasteiger partial charge in [0.05, 0.1) is 0 Å². The summed E-state index contributed by atoms with van der Waals surface area (Å²) in [6.45, 7) is 5.49. The Hall–Kier alpha value is -2.49. The molecule has 0 aliphatic rings. The number of hydrogen-bond acceptors (Lipinski definition) is 9. The van der Waals surface area contributed by atoms with Crippen molar-refractivity contribution in [1.29, 1.82) is 0 Å². The van der Waals surface area contributed by atoms with Crippen molar-refractivity contribution in [3.63, 3.8) is 0 Å². The molecule has 0 radical (unpaired) electrons. The van der Waals surface area contributed by atoms with E-state index in [0.29, 0.717) is 0 Å². The minimum Gasteiger partial charge on any atom is -0.451 e. The molecule has 0 aromatic rings. The number of carbonyl (C=O) groups is 3. The Kier molecular flexibility index (Phi) is 8.75. The number of allylic oxidation sites excluding steroid dienone is 3.